The van der Waals surface area contributed by atoms with Crippen molar-refractivity contribution in [2.45, 2.75) is 19.8 Å². The van der Waals surface area contributed by atoms with Crippen LogP contribution in [0, 0.1) is 0 Å². The highest BCUT2D eigenvalue weighted by Gasteiger charge is 2.14. The van der Waals surface area contributed by atoms with E-state index in [1.165, 1.54) is 0 Å². The van der Waals surface area contributed by atoms with Crippen molar-refractivity contribution in [1.82, 2.24) is 9.97 Å². The molecule has 0 saturated heterocycles. The summed E-state index contributed by atoms with van der Waals surface area (Å²) in [5.74, 6) is 2.49. The first kappa shape index (κ1) is 14.6. The summed E-state index contributed by atoms with van der Waals surface area (Å²) in [5.41, 5.74) is 0.930. The van der Waals surface area contributed by atoms with Gasteiger partial charge in [0.25, 0.3) is 0 Å². The summed E-state index contributed by atoms with van der Waals surface area (Å²) in [7, 11) is 3.58. The van der Waals surface area contributed by atoms with E-state index >= 15 is 0 Å². The summed E-state index contributed by atoms with van der Waals surface area (Å²) >= 11 is 6.09. The van der Waals surface area contributed by atoms with Crippen molar-refractivity contribution < 1.29 is 4.74 Å². The highest BCUT2D eigenvalue weighted by molar-refractivity contribution is 6.29. The standard InChI is InChI=1S/C15H18ClN3O/c1-10(2)15-17-13(16)9-14(18-15)19(3)11-7-5-6-8-12(11)20-4/h5-10H,1-4H3. The minimum absolute atomic E-state index is 0.221. The highest BCUT2D eigenvalue weighted by atomic mass is 35.5. The average molecular weight is 292 g/mol. The number of methoxy groups -OCH3 is 1. The van der Waals surface area contributed by atoms with Gasteiger partial charge in [0.1, 0.15) is 22.5 Å². The van der Waals surface area contributed by atoms with Crippen LogP contribution in [0.25, 0.3) is 0 Å². The van der Waals surface area contributed by atoms with Gasteiger partial charge in [0.05, 0.1) is 12.8 Å². The maximum Gasteiger partial charge on any atom is 0.142 e. The molecule has 5 heteroatoms. The molecule has 0 N–H and O–H groups in total. The van der Waals surface area contributed by atoms with E-state index in [2.05, 4.69) is 9.97 Å². The number of benzene rings is 1. The lowest BCUT2D eigenvalue weighted by molar-refractivity contribution is 0.415. The van der Waals surface area contributed by atoms with Crippen molar-refractivity contribution in [2.24, 2.45) is 0 Å². The van der Waals surface area contributed by atoms with Gasteiger partial charge in [0, 0.05) is 19.0 Å². The number of hydrogen-bond acceptors (Lipinski definition) is 4. The second-order valence-electron chi connectivity index (χ2n) is 4.79. The number of para-hydroxylation sites is 2. The molecule has 0 aliphatic carbocycles. The van der Waals surface area contributed by atoms with Gasteiger partial charge in [-0.2, -0.15) is 0 Å². The van der Waals surface area contributed by atoms with Crippen LogP contribution in [-0.4, -0.2) is 24.1 Å². The zero-order valence-corrected chi connectivity index (χ0v) is 12.8. The third-order valence-corrected chi connectivity index (χ3v) is 3.20. The molecular formula is C15H18ClN3O. The van der Waals surface area contributed by atoms with E-state index in [4.69, 9.17) is 16.3 Å². The molecule has 4 nitrogen and oxygen atoms in total. The summed E-state index contributed by atoms with van der Waals surface area (Å²) in [6.45, 7) is 4.08. The van der Waals surface area contributed by atoms with Gasteiger partial charge in [-0.15, -0.1) is 0 Å². The highest BCUT2D eigenvalue weighted by Crippen LogP contribution is 2.32. The number of hydrogen-bond donors (Lipinski definition) is 0. The lowest BCUT2D eigenvalue weighted by Gasteiger charge is -2.21. The Morgan fingerprint density at radius 1 is 1.20 bits per heavy atom. The first-order chi connectivity index (χ1) is 9.52. The molecule has 1 aromatic carbocycles. The molecule has 0 atom stereocenters. The first-order valence-electron chi connectivity index (χ1n) is 6.44. The zero-order valence-electron chi connectivity index (χ0n) is 12.1. The van der Waals surface area contributed by atoms with Crippen LogP contribution in [-0.2, 0) is 0 Å². The number of rotatable bonds is 4. The second kappa shape index (κ2) is 6.09. The average Bonchev–Trinajstić information content (AvgIpc) is 2.45. The predicted octanol–water partition coefficient (Wildman–Crippen LogP) is 4.03. The van der Waals surface area contributed by atoms with E-state index in [-0.39, 0.29) is 5.92 Å². The lowest BCUT2D eigenvalue weighted by atomic mass is 10.2. The van der Waals surface area contributed by atoms with Gasteiger partial charge >= 0.3 is 0 Å². The Bertz CT molecular complexity index is 601. The van der Waals surface area contributed by atoms with Gasteiger partial charge in [-0.1, -0.05) is 37.6 Å². The van der Waals surface area contributed by atoms with Crippen molar-refractivity contribution in [2.75, 3.05) is 19.1 Å². The van der Waals surface area contributed by atoms with Gasteiger partial charge in [-0.3, -0.25) is 0 Å². The predicted molar refractivity (Wildman–Crippen MR) is 82.2 cm³/mol. The normalized spacial score (nSPS) is 10.7. The molecule has 0 aliphatic rings. The minimum atomic E-state index is 0.221. The Labute approximate surface area is 124 Å². The van der Waals surface area contributed by atoms with E-state index in [9.17, 15) is 0 Å². The third-order valence-electron chi connectivity index (χ3n) is 3.01. The molecule has 0 bridgehead atoms. The summed E-state index contributed by atoms with van der Waals surface area (Å²) in [5, 5.41) is 0.445. The Hall–Kier alpha value is -1.81. The molecule has 1 aromatic heterocycles. The van der Waals surface area contributed by atoms with Gasteiger partial charge in [0.2, 0.25) is 0 Å². The second-order valence-corrected chi connectivity index (χ2v) is 5.18. The van der Waals surface area contributed by atoms with Crippen LogP contribution in [0.3, 0.4) is 0 Å². The Kier molecular flexibility index (Phi) is 4.45. The molecule has 2 aromatic rings. The van der Waals surface area contributed by atoms with Crippen LogP contribution in [0.5, 0.6) is 5.75 Å². The van der Waals surface area contributed by atoms with Crippen molar-refractivity contribution in [3.8, 4) is 5.75 Å². The zero-order chi connectivity index (χ0) is 14.7. The summed E-state index contributed by atoms with van der Waals surface area (Å²) in [6, 6.07) is 9.53. The van der Waals surface area contributed by atoms with Crippen LogP contribution in [0.15, 0.2) is 30.3 Å². The molecule has 106 valence electrons. The third kappa shape index (κ3) is 3.02. The van der Waals surface area contributed by atoms with Crippen LogP contribution in [0.2, 0.25) is 5.15 Å². The first-order valence-corrected chi connectivity index (χ1v) is 6.82. The SMILES string of the molecule is COc1ccccc1N(C)c1cc(Cl)nc(C(C)C)n1. The molecule has 2 rings (SSSR count). The van der Waals surface area contributed by atoms with Gasteiger partial charge in [0.15, 0.2) is 0 Å². The number of aromatic nitrogens is 2. The molecule has 20 heavy (non-hydrogen) atoms. The van der Waals surface area contributed by atoms with E-state index in [0.29, 0.717) is 5.15 Å². The molecule has 0 spiro atoms. The Balaban J connectivity index is 2.45. The Morgan fingerprint density at radius 2 is 1.90 bits per heavy atom. The van der Waals surface area contributed by atoms with Crippen molar-refractivity contribution in [3.63, 3.8) is 0 Å². The summed E-state index contributed by atoms with van der Waals surface area (Å²) < 4.78 is 5.38. The number of anilines is 2. The topological polar surface area (TPSA) is 38.2 Å². The molecule has 0 fully saturated rings. The molecule has 0 radical (unpaired) electrons. The molecule has 0 unspecified atom stereocenters. The molecule has 0 amide bonds. The molecule has 1 heterocycles. The van der Waals surface area contributed by atoms with Crippen LogP contribution < -0.4 is 9.64 Å². The molecule has 0 saturated carbocycles. The monoisotopic (exact) mass is 291 g/mol. The number of halogens is 1. The van der Waals surface area contributed by atoms with Crippen molar-refractivity contribution >= 4 is 23.1 Å². The molecular weight excluding hydrogens is 274 g/mol. The minimum Gasteiger partial charge on any atom is -0.495 e. The summed E-state index contributed by atoms with van der Waals surface area (Å²) in [6.07, 6.45) is 0. The molecule has 0 aliphatic heterocycles. The lowest BCUT2D eigenvalue weighted by Crippen LogP contribution is -2.14. The van der Waals surface area contributed by atoms with E-state index in [1.54, 1.807) is 13.2 Å². The fraction of sp³-hybridized carbons (Fsp3) is 0.333. The Morgan fingerprint density at radius 3 is 2.55 bits per heavy atom. The largest absolute Gasteiger partial charge is 0.495 e. The fourth-order valence-electron chi connectivity index (χ4n) is 1.88. The fourth-order valence-corrected chi connectivity index (χ4v) is 2.07. The van der Waals surface area contributed by atoms with Crippen LogP contribution >= 0.6 is 11.6 Å². The van der Waals surface area contributed by atoms with E-state index in [1.807, 2.05) is 50.1 Å². The van der Waals surface area contributed by atoms with E-state index in [0.717, 1.165) is 23.1 Å². The number of nitrogens with zero attached hydrogens (tertiary/aromatic N) is 3. The van der Waals surface area contributed by atoms with Crippen molar-refractivity contribution in [1.29, 1.82) is 0 Å². The quantitative estimate of drug-likeness (QED) is 0.797. The summed E-state index contributed by atoms with van der Waals surface area (Å²) in [4.78, 5) is 10.8. The smallest absolute Gasteiger partial charge is 0.142 e. The van der Waals surface area contributed by atoms with Gasteiger partial charge in [-0.25, -0.2) is 9.97 Å². The van der Waals surface area contributed by atoms with Crippen LogP contribution in [0.4, 0.5) is 11.5 Å². The van der Waals surface area contributed by atoms with Gasteiger partial charge in [-0.05, 0) is 12.1 Å². The van der Waals surface area contributed by atoms with Crippen LogP contribution in [0.1, 0.15) is 25.6 Å². The van der Waals surface area contributed by atoms with Gasteiger partial charge < -0.3 is 9.64 Å². The maximum absolute atomic E-state index is 6.09. The van der Waals surface area contributed by atoms with Crippen molar-refractivity contribution in [3.05, 3.63) is 41.3 Å². The number of ether oxygens (including phenoxy) is 1. The van der Waals surface area contributed by atoms with E-state index < -0.39 is 0 Å². The maximum atomic E-state index is 6.09.